The summed E-state index contributed by atoms with van der Waals surface area (Å²) in [4.78, 5) is 14.5. The van der Waals surface area contributed by atoms with Crippen molar-refractivity contribution in [3.05, 3.63) is 23.8 Å². The lowest BCUT2D eigenvalue weighted by Crippen LogP contribution is -2.35. The number of nitrogens with zero attached hydrogens (tertiary/aromatic N) is 1. The van der Waals surface area contributed by atoms with Crippen LogP contribution in [0.3, 0.4) is 0 Å². The van der Waals surface area contributed by atoms with Gasteiger partial charge in [0.2, 0.25) is 0 Å². The first kappa shape index (κ1) is 21.3. The van der Waals surface area contributed by atoms with Crippen molar-refractivity contribution in [2.24, 2.45) is 0 Å². The standard InChI is InChI=1S/C22H31NO4/c1-3-5-6-7-8-9-22(24)27-20-11-10-19(17-21(20)26-14-4-2)18-23-12-15-25-16-13-23/h2,10-11,17H,3,5-9,12-16,18H2,1H3. The molecule has 27 heavy (non-hydrogen) atoms. The number of unbranched alkanes of at least 4 members (excludes halogenated alkanes) is 4. The number of esters is 1. The molecule has 1 aromatic carbocycles. The van der Waals surface area contributed by atoms with E-state index in [1.165, 1.54) is 12.8 Å². The number of carbonyl (C=O) groups excluding carboxylic acids is 1. The minimum absolute atomic E-state index is 0.141. The predicted molar refractivity (Wildman–Crippen MR) is 106 cm³/mol. The third kappa shape index (κ3) is 8.03. The lowest BCUT2D eigenvalue weighted by Gasteiger charge is -2.26. The van der Waals surface area contributed by atoms with Crippen molar-refractivity contribution in [2.75, 3.05) is 32.9 Å². The minimum atomic E-state index is -0.224. The zero-order chi connectivity index (χ0) is 19.3. The molecule has 0 spiro atoms. The lowest BCUT2D eigenvalue weighted by atomic mass is 10.1. The molecule has 5 nitrogen and oxygen atoms in total. The van der Waals surface area contributed by atoms with Gasteiger partial charge in [-0.25, -0.2) is 0 Å². The topological polar surface area (TPSA) is 48.0 Å². The van der Waals surface area contributed by atoms with E-state index >= 15 is 0 Å². The fraction of sp³-hybridized carbons (Fsp3) is 0.591. The molecule has 0 aromatic heterocycles. The van der Waals surface area contributed by atoms with E-state index in [4.69, 9.17) is 20.6 Å². The van der Waals surface area contributed by atoms with Gasteiger partial charge in [0.1, 0.15) is 6.61 Å². The molecule has 1 aliphatic rings. The third-order valence-electron chi connectivity index (χ3n) is 4.54. The Morgan fingerprint density at radius 1 is 1.19 bits per heavy atom. The van der Waals surface area contributed by atoms with Crippen LogP contribution in [0.5, 0.6) is 11.5 Å². The van der Waals surface area contributed by atoms with Gasteiger partial charge in [-0.15, -0.1) is 6.42 Å². The zero-order valence-electron chi connectivity index (χ0n) is 16.4. The molecular weight excluding hydrogens is 342 g/mol. The van der Waals surface area contributed by atoms with Crippen molar-refractivity contribution >= 4 is 5.97 Å². The van der Waals surface area contributed by atoms with E-state index in [0.29, 0.717) is 17.9 Å². The van der Waals surface area contributed by atoms with E-state index in [0.717, 1.165) is 57.7 Å². The molecule has 0 aliphatic carbocycles. The molecule has 0 unspecified atom stereocenters. The number of benzene rings is 1. The first-order chi connectivity index (χ1) is 13.2. The second kappa shape index (κ2) is 12.4. The van der Waals surface area contributed by atoms with Gasteiger partial charge in [-0.05, 0) is 24.1 Å². The van der Waals surface area contributed by atoms with Crippen LogP contribution in [0.4, 0.5) is 0 Å². The second-order valence-electron chi connectivity index (χ2n) is 6.80. The van der Waals surface area contributed by atoms with E-state index in [-0.39, 0.29) is 12.6 Å². The van der Waals surface area contributed by atoms with Gasteiger partial charge in [0.05, 0.1) is 13.2 Å². The van der Waals surface area contributed by atoms with Gasteiger partial charge in [0.25, 0.3) is 0 Å². The summed E-state index contributed by atoms with van der Waals surface area (Å²) in [5.41, 5.74) is 1.10. The van der Waals surface area contributed by atoms with Crippen LogP contribution < -0.4 is 9.47 Å². The van der Waals surface area contributed by atoms with Crippen molar-refractivity contribution < 1.29 is 19.0 Å². The molecule has 0 N–H and O–H groups in total. The van der Waals surface area contributed by atoms with E-state index in [2.05, 4.69) is 17.7 Å². The predicted octanol–water partition coefficient (Wildman–Crippen LogP) is 3.80. The molecule has 1 aromatic rings. The van der Waals surface area contributed by atoms with Crippen LogP contribution in [0.25, 0.3) is 0 Å². The Morgan fingerprint density at radius 2 is 1.96 bits per heavy atom. The maximum atomic E-state index is 12.1. The van der Waals surface area contributed by atoms with Crippen molar-refractivity contribution in [1.82, 2.24) is 4.90 Å². The Bertz CT molecular complexity index is 617. The molecule has 0 amide bonds. The Morgan fingerprint density at radius 3 is 2.70 bits per heavy atom. The Kier molecular flexibility index (Phi) is 9.75. The lowest BCUT2D eigenvalue weighted by molar-refractivity contribution is -0.134. The highest BCUT2D eigenvalue weighted by Crippen LogP contribution is 2.29. The zero-order valence-corrected chi connectivity index (χ0v) is 16.4. The Hall–Kier alpha value is -2.03. The SMILES string of the molecule is C#CCOc1cc(CN2CCOCC2)ccc1OC(=O)CCCCCCC. The molecule has 0 bridgehead atoms. The van der Waals surface area contributed by atoms with Crippen LogP contribution in [0, 0.1) is 12.3 Å². The molecule has 148 valence electrons. The van der Waals surface area contributed by atoms with Crippen molar-refractivity contribution in [3.8, 4) is 23.8 Å². The summed E-state index contributed by atoms with van der Waals surface area (Å²) in [6.07, 6.45) is 11.2. The van der Waals surface area contributed by atoms with E-state index in [1.54, 1.807) is 6.07 Å². The smallest absolute Gasteiger partial charge is 0.311 e. The van der Waals surface area contributed by atoms with Crippen LogP contribution in [-0.2, 0) is 16.1 Å². The number of rotatable bonds is 11. The summed E-state index contributed by atoms with van der Waals surface area (Å²) < 4.78 is 16.5. The molecule has 2 rings (SSSR count). The molecular formula is C22H31NO4. The number of hydrogen-bond donors (Lipinski definition) is 0. The summed E-state index contributed by atoms with van der Waals surface area (Å²) in [5.74, 6) is 3.20. The molecule has 0 atom stereocenters. The summed E-state index contributed by atoms with van der Waals surface area (Å²) in [6, 6.07) is 5.69. The summed E-state index contributed by atoms with van der Waals surface area (Å²) >= 11 is 0. The highest BCUT2D eigenvalue weighted by atomic mass is 16.6. The fourth-order valence-corrected chi connectivity index (χ4v) is 3.03. The maximum Gasteiger partial charge on any atom is 0.311 e. The average molecular weight is 373 g/mol. The van der Waals surface area contributed by atoms with Crippen molar-refractivity contribution in [3.63, 3.8) is 0 Å². The van der Waals surface area contributed by atoms with E-state index in [9.17, 15) is 4.79 Å². The van der Waals surface area contributed by atoms with Gasteiger partial charge in [-0.3, -0.25) is 9.69 Å². The normalized spacial score (nSPS) is 14.5. The Labute approximate surface area is 163 Å². The average Bonchev–Trinajstić information content (AvgIpc) is 2.68. The summed E-state index contributed by atoms with van der Waals surface area (Å²) in [7, 11) is 0. The van der Waals surface area contributed by atoms with Gasteiger partial charge in [0, 0.05) is 26.1 Å². The van der Waals surface area contributed by atoms with Crippen molar-refractivity contribution in [2.45, 2.75) is 52.0 Å². The molecule has 1 fully saturated rings. The quantitative estimate of drug-likeness (QED) is 0.256. The second-order valence-corrected chi connectivity index (χ2v) is 6.80. The van der Waals surface area contributed by atoms with Crippen LogP contribution in [0.2, 0.25) is 0 Å². The first-order valence-electron chi connectivity index (χ1n) is 9.93. The number of hydrogen-bond acceptors (Lipinski definition) is 5. The number of carbonyl (C=O) groups is 1. The number of terminal acetylenes is 1. The van der Waals surface area contributed by atoms with Crippen LogP contribution in [0.15, 0.2) is 18.2 Å². The van der Waals surface area contributed by atoms with Gasteiger partial charge in [-0.1, -0.05) is 44.6 Å². The molecule has 1 aliphatic heterocycles. The summed E-state index contributed by atoms with van der Waals surface area (Å²) in [5, 5.41) is 0. The molecule has 0 saturated carbocycles. The van der Waals surface area contributed by atoms with Crippen LogP contribution in [-0.4, -0.2) is 43.8 Å². The van der Waals surface area contributed by atoms with E-state index < -0.39 is 0 Å². The Balaban J connectivity index is 1.93. The largest absolute Gasteiger partial charge is 0.477 e. The van der Waals surface area contributed by atoms with Gasteiger partial charge in [0.15, 0.2) is 11.5 Å². The molecule has 1 saturated heterocycles. The van der Waals surface area contributed by atoms with Crippen molar-refractivity contribution in [1.29, 1.82) is 0 Å². The summed E-state index contributed by atoms with van der Waals surface area (Å²) in [6.45, 7) is 6.46. The third-order valence-corrected chi connectivity index (χ3v) is 4.54. The van der Waals surface area contributed by atoms with Crippen LogP contribution in [0.1, 0.15) is 51.0 Å². The first-order valence-corrected chi connectivity index (χ1v) is 9.93. The molecule has 5 heteroatoms. The maximum absolute atomic E-state index is 12.1. The molecule has 0 radical (unpaired) electrons. The van der Waals surface area contributed by atoms with Crippen LogP contribution >= 0.6 is 0 Å². The fourth-order valence-electron chi connectivity index (χ4n) is 3.03. The van der Waals surface area contributed by atoms with Gasteiger partial charge in [-0.2, -0.15) is 0 Å². The van der Waals surface area contributed by atoms with E-state index in [1.807, 2.05) is 12.1 Å². The molecule has 1 heterocycles. The minimum Gasteiger partial charge on any atom is -0.477 e. The number of morpholine rings is 1. The number of ether oxygens (including phenoxy) is 3. The highest BCUT2D eigenvalue weighted by Gasteiger charge is 2.15. The van der Waals surface area contributed by atoms with Gasteiger partial charge < -0.3 is 14.2 Å². The monoisotopic (exact) mass is 373 g/mol. The van der Waals surface area contributed by atoms with Gasteiger partial charge >= 0.3 is 5.97 Å². The highest BCUT2D eigenvalue weighted by molar-refractivity contribution is 5.73.